The number of furan rings is 1. The molecule has 1 aliphatic rings. The summed E-state index contributed by atoms with van der Waals surface area (Å²) in [5.41, 5.74) is 7.10. The van der Waals surface area contributed by atoms with Gasteiger partial charge >= 0.3 is 0 Å². The second kappa shape index (κ2) is 7.12. The first-order valence-corrected chi connectivity index (χ1v) is 8.66. The lowest BCUT2D eigenvalue weighted by atomic mass is 10.1. The Labute approximate surface area is 154 Å². The molecular formula is C17H16N4O2S2. The highest BCUT2D eigenvalue weighted by atomic mass is 32.2. The van der Waals surface area contributed by atoms with Gasteiger partial charge < -0.3 is 15.5 Å². The molecule has 0 unspecified atom stereocenters. The number of benzene rings is 1. The number of hydrogen-bond acceptors (Lipinski definition) is 5. The number of carbonyl (C=O) groups is 1. The molecule has 2 heterocycles. The van der Waals surface area contributed by atoms with Crippen LogP contribution in [0, 0.1) is 5.41 Å². The molecule has 1 aliphatic heterocycles. The van der Waals surface area contributed by atoms with Gasteiger partial charge in [0.05, 0.1) is 4.91 Å². The number of rotatable bonds is 4. The van der Waals surface area contributed by atoms with E-state index in [1.54, 1.807) is 13.1 Å². The SMILES string of the molecule is CN1C(=O)/C(=C/c2oc(-c3ccccc3)cc2CNC(=N)N)SC1=S. The molecule has 8 heteroatoms. The van der Waals surface area contributed by atoms with E-state index >= 15 is 0 Å². The van der Waals surface area contributed by atoms with Crippen molar-refractivity contribution in [2.75, 3.05) is 7.05 Å². The Morgan fingerprint density at radius 1 is 1.44 bits per heavy atom. The monoisotopic (exact) mass is 372 g/mol. The zero-order chi connectivity index (χ0) is 18.0. The first-order chi connectivity index (χ1) is 12.0. The van der Waals surface area contributed by atoms with E-state index in [0.29, 0.717) is 27.3 Å². The number of thiocarbonyl (C=S) groups is 1. The summed E-state index contributed by atoms with van der Waals surface area (Å²) in [6, 6.07) is 11.5. The minimum Gasteiger partial charge on any atom is -0.456 e. The first-order valence-electron chi connectivity index (χ1n) is 7.43. The highest BCUT2D eigenvalue weighted by Gasteiger charge is 2.29. The van der Waals surface area contributed by atoms with Gasteiger partial charge in [0, 0.05) is 30.8 Å². The summed E-state index contributed by atoms with van der Waals surface area (Å²) in [4.78, 5) is 14.1. The van der Waals surface area contributed by atoms with Crippen molar-refractivity contribution in [1.29, 1.82) is 5.41 Å². The summed E-state index contributed by atoms with van der Waals surface area (Å²) >= 11 is 6.39. The third kappa shape index (κ3) is 3.75. The van der Waals surface area contributed by atoms with Gasteiger partial charge in [0.25, 0.3) is 5.91 Å². The van der Waals surface area contributed by atoms with Gasteiger partial charge in [0.15, 0.2) is 5.96 Å². The lowest BCUT2D eigenvalue weighted by Crippen LogP contribution is -2.29. The van der Waals surface area contributed by atoms with E-state index < -0.39 is 0 Å². The van der Waals surface area contributed by atoms with E-state index in [-0.39, 0.29) is 11.9 Å². The number of amides is 1. The van der Waals surface area contributed by atoms with Gasteiger partial charge in [0.1, 0.15) is 15.8 Å². The standard InChI is InChI=1S/C17H16N4O2S2/c1-21-15(22)14(25-17(21)24)8-13-11(9-20-16(18)19)7-12(23-13)10-5-3-2-4-6-10/h2-8H,9H2,1H3,(H4,18,19,20)/b14-8-. The molecule has 0 aliphatic carbocycles. The lowest BCUT2D eigenvalue weighted by Gasteiger charge is -2.04. The van der Waals surface area contributed by atoms with Crippen molar-refractivity contribution in [2.45, 2.75) is 6.54 Å². The van der Waals surface area contributed by atoms with Crippen molar-refractivity contribution in [3.8, 4) is 11.3 Å². The highest BCUT2D eigenvalue weighted by molar-refractivity contribution is 8.26. The van der Waals surface area contributed by atoms with Crippen LogP contribution < -0.4 is 11.1 Å². The van der Waals surface area contributed by atoms with E-state index in [9.17, 15) is 4.79 Å². The zero-order valence-corrected chi connectivity index (χ0v) is 15.0. The number of nitrogens with one attached hydrogen (secondary N) is 2. The Kier molecular flexibility index (Phi) is 4.91. The number of guanidine groups is 1. The summed E-state index contributed by atoms with van der Waals surface area (Å²) < 4.78 is 6.47. The first kappa shape index (κ1) is 17.2. The van der Waals surface area contributed by atoms with Gasteiger partial charge in [-0.15, -0.1) is 0 Å². The van der Waals surface area contributed by atoms with Crippen LogP contribution in [0.25, 0.3) is 17.4 Å². The highest BCUT2D eigenvalue weighted by Crippen LogP contribution is 2.34. The minimum atomic E-state index is -0.155. The van der Waals surface area contributed by atoms with E-state index in [2.05, 4.69) is 5.32 Å². The molecule has 1 aromatic heterocycles. The van der Waals surface area contributed by atoms with Crippen LogP contribution in [0.15, 0.2) is 45.7 Å². The van der Waals surface area contributed by atoms with E-state index in [0.717, 1.165) is 11.1 Å². The molecule has 0 saturated carbocycles. The fourth-order valence-corrected chi connectivity index (χ4v) is 3.45. The summed E-state index contributed by atoms with van der Waals surface area (Å²) in [6.45, 7) is 0.323. The number of nitrogens with zero attached hydrogens (tertiary/aromatic N) is 1. The molecule has 128 valence electrons. The summed E-state index contributed by atoms with van der Waals surface area (Å²) in [6.07, 6.45) is 1.69. The minimum absolute atomic E-state index is 0.131. The van der Waals surface area contributed by atoms with Crippen LogP contribution in [0.1, 0.15) is 11.3 Å². The predicted molar refractivity (Wildman–Crippen MR) is 104 cm³/mol. The summed E-state index contributed by atoms with van der Waals surface area (Å²) in [7, 11) is 1.65. The lowest BCUT2D eigenvalue weighted by molar-refractivity contribution is -0.121. The fraction of sp³-hybridized carbons (Fsp3) is 0.118. The predicted octanol–water partition coefficient (Wildman–Crippen LogP) is 2.76. The molecule has 25 heavy (non-hydrogen) atoms. The Bertz CT molecular complexity index is 874. The molecule has 0 bridgehead atoms. The number of hydrogen-bond donors (Lipinski definition) is 3. The second-order valence-corrected chi connectivity index (χ2v) is 7.05. The van der Waals surface area contributed by atoms with Gasteiger partial charge in [-0.25, -0.2) is 0 Å². The van der Waals surface area contributed by atoms with Gasteiger partial charge in [-0.2, -0.15) is 0 Å². The van der Waals surface area contributed by atoms with Crippen molar-refractivity contribution >= 4 is 46.2 Å². The van der Waals surface area contributed by atoms with Crippen molar-refractivity contribution in [1.82, 2.24) is 10.2 Å². The number of carbonyl (C=O) groups excluding carboxylic acids is 1. The normalized spacial score (nSPS) is 15.9. The molecular weight excluding hydrogens is 356 g/mol. The van der Waals surface area contributed by atoms with Crippen LogP contribution >= 0.6 is 24.0 Å². The van der Waals surface area contributed by atoms with Gasteiger partial charge in [-0.05, 0) is 6.07 Å². The Morgan fingerprint density at radius 2 is 2.16 bits per heavy atom. The Hall–Kier alpha value is -2.58. The number of nitrogens with two attached hydrogens (primary N) is 1. The average Bonchev–Trinajstić information content (AvgIpc) is 3.11. The maximum absolute atomic E-state index is 12.2. The fourth-order valence-electron chi connectivity index (χ4n) is 2.30. The molecule has 1 fully saturated rings. The van der Waals surface area contributed by atoms with Gasteiger partial charge in [-0.1, -0.05) is 54.3 Å². The zero-order valence-electron chi connectivity index (χ0n) is 13.4. The van der Waals surface area contributed by atoms with Crippen molar-refractivity contribution < 1.29 is 9.21 Å². The van der Waals surface area contributed by atoms with Crippen molar-refractivity contribution in [2.24, 2.45) is 5.73 Å². The quantitative estimate of drug-likeness (QED) is 0.331. The molecule has 3 rings (SSSR count). The maximum Gasteiger partial charge on any atom is 0.266 e. The molecule has 0 radical (unpaired) electrons. The third-order valence-corrected chi connectivity index (χ3v) is 5.10. The smallest absolute Gasteiger partial charge is 0.266 e. The van der Waals surface area contributed by atoms with Crippen LogP contribution in [0.2, 0.25) is 0 Å². The van der Waals surface area contributed by atoms with Crippen LogP contribution in [0.3, 0.4) is 0 Å². The molecule has 4 N–H and O–H groups in total. The average molecular weight is 372 g/mol. The largest absolute Gasteiger partial charge is 0.456 e. The van der Waals surface area contributed by atoms with Crippen LogP contribution in [0.5, 0.6) is 0 Å². The third-order valence-electron chi connectivity index (χ3n) is 3.62. The molecule has 6 nitrogen and oxygen atoms in total. The Balaban J connectivity index is 1.99. The molecule has 1 aromatic carbocycles. The van der Waals surface area contributed by atoms with Gasteiger partial charge in [0.2, 0.25) is 0 Å². The second-order valence-electron chi connectivity index (χ2n) is 5.37. The summed E-state index contributed by atoms with van der Waals surface area (Å²) in [5.74, 6) is 0.937. The molecule has 0 spiro atoms. The molecule has 1 saturated heterocycles. The van der Waals surface area contributed by atoms with Crippen LogP contribution in [0.4, 0.5) is 0 Å². The van der Waals surface area contributed by atoms with Crippen molar-refractivity contribution in [3.63, 3.8) is 0 Å². The van der Waals surface area contributed by atoms with Crippen LogP contribution in [-0.2, 0) is 11.3 Å². The number of thioether (sulfide) groups is 1. The van der Waals surface area contributed by atoms with E-state index in [1.807, 2.05) is 36.4 Å². The number of likely N-dealkylation sites (N-methyl/N-ethyl adjacent to an activating group) is 1. The molecule has 2 aromatic rings. The Morgan fingerprint density at radius 3 is 2.76 bits per heavy atom. The van der Waals surface area contributed by atoms with Crippen LogP contribution in [-0.4, -0.2) is 28.1 Å². The van der Waals surface area contributed by atoms with E-state index in [4.69, 9.17) is 27.8 Å². The topological polar surface area (TPSA) is 95.4 Å². The van der Waals surface area contributed by atoms with E-state index in [1.165, 1.54) is 16.7 Å². The molecule has 1 amide bonds. The van der Waals surface area contributed by atoms with Crippen molar-refractivity contribution in [3.05, 3.63) is 52.6 Å². The molecule has 0 atom stereocenters. The summed E-state index contributed by atoms with van der Waals surface area (Å²) in [5, 5.41) is 10.1. The maximum atomic E-state index is 12.2. The van der Waals surface area contributed by atoms with Gasteiger partial charge in [-0.3, -0.25) is 15.1 Å².